The second kappa shape index (κ2) is 7.90. The lowest BCUT2D eigenvalue weighted by Crippen LogP contribution is -2.32. The number of benzene rings is 1. The summed E-state index contributed by atoms with van der Waals surface area (Å²) in [6, 6.07) is 6.65. The fourth-order valence-electron chi connectivity index (χ4n) is 2.88. The standard InChI is InChI=1S/C18H22N4O4/c1-2-26-14-8-6-13(7-9-14)22-17(24)15(16(23)20-18(22)25)12-19-21-10-4-3-5-11-21/h6-9,12,24H,2-5,10-11H2,1H3,(H,20,23,25). The van der Waals surface area contributed by atoms with E-state index in [0.29, 0.717) is 18.0 Å². The van der Waals surface area contributed by atoms with Gasteiger partial charge in [0.25, 0.3) is 5.56 Å². The number of ether oxygens (including phenoxy) is 1. The maximum atomic E-state index is 12.2. The maximum Gasteiger partial charge on any atom is 0.335 e. The summed E-state index contributed by atoms with van der Waals surface area (Å²) in [6.45, 7) is 4.03. The van der Waals surface area contributed by atoms with Crippen LogP contribution in [0.3, 0.4) is 0 Å². The lowest BCUT2D eigenvalue weighted by molar-refractivity contribution is 0.240. The van der Waals surface area contributed by atoms with Gasteiger partial charge in [-0.3, -0.25) is 14.8 Å². The second-order valence-corrected chi connectivity index (χ2v) is 6.02. The molecule has 0 saturated carbocycles. The highest BCUT2D eigenvalue weighted by molar-refractivity contribution is 5.82. The van der Waals surface area contributed by atoms with E-state index in [-0.39, 0.29) is 5.56 Å². The highest BCUT2D eigenvalue weighted by atomic mass is 16.5. The third-order valence-corrected chi connectivity index (χ3v) is 4.21. The number of aromatic hydroxyl groups is 1. The number of nitrogens with one attached hydrogen (secondary N) is 1. The highest BCUT2D eigenvalue weighted by Gasteiger charge is 2.15. The van der Waals surface area contributed by atoms with Crippen molar-refractivity contribution in [2.24, 2.45) is 5.10 Å². The minimum absolute atomic E-state index is 0.0518. The highest BCUT2D eigenvalue weighted by Crippen LogP contribution is 2.19. The van der Waals surface area contributed by atoms with Crippen LogP contribution in [0.15, 0.2) is 39.0 Å². The molecule has 138 valence electrons. The molecule has 0 atom stereocenters. The predicted octanol–water partition coefficient (Wildman–Crippen LogP) is 1.45. The molecule has 0 spiro atoms. The maximum absolute atomic E-state index is 12.2. The molecule has 8 nitrogen and oxygen atoms in total. The minimum atomic E-state index is -0.716. The lowest BCUT2D eigenvalue weighted by atomic mass is 10.2. The number of aromatic amines is 1. The van der Waals surface area contributed by atoms with E-state index < -0.39 is 17.1 Å². The average molecular weight is 358 g/mol. The van der Waals surface area contributed by atoms with Gasteiger partial charge in [0.05, 0.1) is 18.5 Å². The summed E-state index contributed by atoms with van der Waals surface area (Å²) in [4.78, 5) is 26.5. The molecule has 0 radical (unpaired) electrons. The van der Waals surface area contributed by atoms with Crippen molar-refractivity contribution in [1.29, 1.82) is 0 Å². The zero-order chi connectivity index (χ0) is 18.5. The normalized spacial score (nSPS) is 14.7. The summed E-state index contributed by atoms with van der Waals surface area (Å²) >= 11 is 0. The predicted molar refractivity (Wildman–Crippen MR) is 98.5 cm³/mol. The molecule has 1 aliphatic heterocycles. The van der Waals surface area contributed by atoms with Crippen molar-refractivity contribution >= 4 is 6.21 Å². The van der Waals surface area contributed by atoms with Crippen molar-refractivity contribution in [3.8, 4) is 17.3 Å². The molecule has 1 aliphatic rings. The average Bonchev–Trinajstić information content (AvgIpc) is 2.64. The Morgan fingerprint density at radius 1 is 1.19 bits per heavy atom. The summed E-state index contributed by atoms with van der Waals surface area (Å²) in [7, 11) is 0. The molecule has 0 unspecified atom stereocenters. The van der Waals surface area contributed by atoms with Gasteiger partial charge in [0.2, 0.25) is 5.88 Å². The van der Waals surface area contributed by atoms with Gasteiger partial charge in [0.15, 0.2) is 0 Å². The van der Waals surface area contributed by atoms with Crippen molar-refractivity contribution in [2.75, 3.05) is 19.7 Å². The van der Waals surface area contributed by atoms with Gasteiger partial charge in [-0.25, -0.2) is 9.36 Å². The van der Waals surface area contributed by atoms with Crippen LogP contribution in [0.2, 0.25) is 0 Å². The molecule has 3 rings (SSSR count). The van der Waals surface area contributed by atoms with E-state index in [1.54, 1.807) is 24.3 Å². The molecule has 0 amide bonds. The van der Waals surface area contributed by atoms with Crippen molar-refractivity contribution < 1.29 is 9.84 Å². The van der Waals surface area contributed by atoms with Crippen LogP contribution in [0.5, 0.6) is 11.6 Å². The summed E-state index contributed by atoms with van der Waals surface area (Å²) in [6.07, 6.45) is 4.57. The largest absolute Gasteiger partial charge is 0.494 e. The SMILES string of the molecule is CCOc1ccc(-n2c(O)c(C=NN3CCCCC3)c(=O)[nH]c2=O)cc1. The van der Waals surface area contributed by atoms with Gasteiger partial charge >= 0.3 is 5.69 Å². The molecule has 1 saturated heterocycles. The van der Waals surface area contributed by atoms with Gasteiger partial charge in [-0.1, -0.05) is 0 Å². The Bertz CT molecular complexity index is 893. The van der Waals surface area contributed by atoms with E-state index in [1.807, 2.05) is 11.9 Å². The first-order valence-corrected chi connectivity index (χ1v) is 8.70. The Balaban J connectivity index is 1.97. The van der Waals surface area contributed by atoms with E-state index in [9.17, 15) is 14.7 Å². The lowest BCUT2D eigenvalue weighted by Gasteiger charge is -2.23. The van der Waals surface area contributed by atoms with Crippen LogP contribution in [0.4, 0.5) is 0 Å². The van der Waals surface area contributed by atoms with Gasteiger partial charge < -0.3 is 9.84 Å². The Hall–Kier alpha value is -3.03. The molecule has 1 fully saturated rings. The summed E-state index contributed by atoms with van der Waals surface area (Å²) in [5.74, 6) is 0.212. The first-order valence-electron chi connectivity index (χ1n) is 8.70. The van der Waals surface area contributed by atoms with Crippen LogP contribution in [-0.4, -0.2) is 45.6 Å². The molecule has 1 aromatic heterocycles. The minimum Gasteiger partial charge on any atom is -0.494 e. The fraction of sp³-hybridized carbons (Fsp3) is 0.389. The molecule has 2 aromatic rings. The first-order chi connectivity index (χ1) is 12.6. The molecule has 8 heteroatoms. The molecule has 0 bridgehead atoms. The Labute approximate surface area is 150 Å². The fourth-order valence-corrected chi connectivity index (χ4v) is 2.88. The van der Waals surface area contributed by atoms with Crippen LogP contribution >= 0.6 is 0 Å². The van der Waals surface area contributed by atoms with Crippen LogP contribution in [0, 0.1) is 0 Å². The second-order valence-electron chi connectivity index (χ2n) is 6.02. The van der Waals surface area contributed by atoms with Crippen LogP contribution in [0.1, 0.15) is 31.7 Å². The number of rotatable bonds is 5. The Morgan fingerprint density at radius 2 is 1.88 bits per heavy atom. The van der Waals surface area contributed by atoms with E-state index in [2.05, 4.69) is 10.1 Å². The number of nitrogens with zero attached hydrogens (tertiary/aromatic N) is 3. The van der Waals surface area contributed by atoms with E-state index in [1.165, 1.54) is 12.6 Å². The Morgan fingerprint density at radius 3 is 2.54 bits per heavy atom. The zero-order valence-corrected chi connectivity index (χ0v) is 14.6. The van der Waals surface area contributed by atoms with Crippen molar-refractivity contribution in [3.05, 3.63) is 50.7 Å². The van der Waals surface area contributed by atoms with Gasteiger partial charge in [0, 0.05) is 13.1 Å². The number of hydrogen-bond donors (Lipinski definition) is 2. The number of hydrazone groups is 1. The molecule has 0 aliphatic carbocycles. The van der Waals surface area contributed by atoms with Gasteiger partial charge in [-0.05, 0) is 50.5 Å². The molecule has 1 aromatic carbocycles. The number of piperidine rings is 1. The quantitative estimate of drug-likeness (QED) is 0.788. The van der Waals surface area contributed by atoms with Crippen LogP contribution in [0.25, 0.3) is 5.69 Å². The van der Waals surface area contributed by atoms with Gasteiger partial charge in [-0.15, -0.1) is 0 Å². The number of hydrogen-bond acceptors (Lipinski definition) is 6. The Kier molecular flexibility index (Phi) is 5.40. The molecule has 26 heavy (non-hydrogen) atoms. The topological polar surface area (TPSA) is 99.9 Å². The first kappa shape index (κ1) is 17.8. The van der Waals surface area contributed by atoms with Gasteiger partial charge in [-0.2, -0.15) is 5.10 Å². The molecular formula is C18H22N4O4. The van der Waals surface area contributed by atoms with Gasteiger partial charge in [0.1, 0.15) is 11.3 Å². The van der Waals surface area contributed by atoms with E-state index in [0.717, 1.165) is 30.5 Å². The molecule has 2 N–H and O–H groups in total. The van der Waals surface area contributed by atoms with Crippen molar-refractivity contribution in [1.82, 2.24) is 14.6 Å². The zero-order valence-electron chi connectivity index (χ0n) is 14.6. The third kappa shape index (κ3) is 3.79. The van der Waals surface area contributed by atoms with Crippen LogP contribution in [-0.2, 0) is 0 Å². The van der Waals surface area contributed by atoms with E-state index in [4.69, 9.17) is 4.74 Å². The van der Waals surface area contributed by atoms with Crippen LogP contribution < -0.4 is 16.0 Å². The monoisotopic (exact) mass is 358 g/mol. The van der Waals surface area contributed by atoms with Crippen molar-refractivity contribution in [2.45, 2.75) is 26.2 Å². The summed E-state index contributed by atoms with van der Waals surface area (Å²) in [5, 5.41) is 16.6. The smallest absolute Gasteiger partial charge is 0.335 e. The number of aromatic nitrogens is 2. The van der Waals surface area contributed by atoms with E-state index >= 15 is 0 Å². The summed E-state index contributed by atoms with van der Waals surface area (Å²) < 4.78 is 6.41. The number of H-pyrrole nitrogens is 1. The third-order valence-electron chi connectivity index (χ3n) is 4.21. The molecular weight excluding hydrogens is 336 g/mol. The summed E-state index contributed by atoms with van der Waals surface area (Å²) in [5.41, 5.74) is -1.02. The molecule has 2 heterocycles. The van der Waals surface area contributed by atoms with Crippen molar-refractivity contribution in [3.63, 3.8) is 0 Å².